The number of amides is 1. The van der Waals surface area contributed by atoms with Gasteiger partial charge in [-0.1, -0.05) is 12.1 Å². The molecule has 0 aliphatic carbocycles. The summed E-state index contributed by atoms with van der Waals surface area (Å²) in [6.45, 7) is 5.01. The van der Waals surface area contributed by atoms with Crippen LogP contribution in [-0.4, -0.2) is 42.7 Å². The monoisotopic (exact) mass is 279 g/mol. The Labute approximate surface area is 121 Å². The smallest absolute Gasteiger partial charge is 0.260 e. The number of aliphatic hydroxyl groups is 1. The Kier molecular flexibility index (Phi) is 7.09. The number of unbranched alkanes of at least 4 members (excludes halogenated alkanes) is 2. The van der Waals surface area contributed by atoms with E-state index in [-0.39, 0.29) is 19.1 Å². The highest BCUT2D eigenvalue weighted by Gasteiger charge is 2.10. The third kappa shape index (κ3) is 5.21. The van der Waals surface area contributed by atoms with E-state index in [1.165, 1.54) is 0 Å². The van der Waals surface area contributed by atoms with E-state index in [2.05, 4.69) is 0 Å². The fourth-order valence-corrected chi connectivity index (χ4v) is 1.89. The van der Waals surface area contributed by atoms with Crippen molar-refractivity contribution in [2.45, 2.75) is 33.1 Å². The second-order valence-corrected chi connectivity index (χ2v) is 5.09. The number of nitrogens with zero attached hydrogens (tertiary/aromatic N) is 1. The molecule has 4 nitrogen and oxygen atoms in total. The van der Waals surface area contributed by atoms with Gasteiger partial charge in [-0.3, -0.25) is 4.79 Å². The number of hydrogen-bond donors (Lipinski definition) is 1. The molecule has 0 unspecified atom stereocenters. The molecule has 1 aromatic carbocycles. The van der Waals surface area contributed by atoms with Crippen LogP contribution < -0.4 is 4.74 Å². The average Bonchev–Trinajstić information content (AvgIpc) is 2.44. The van der Waals surface area contributed by atoms with Crippen molar-refractivity contribution in [2.24, 2.45) is 0 Å². The van der Waals surface area contributed by atoms with E-state index < -0.39 is 0 Å². The number of aryl methyl sites for hydroxylation is 1. The molecule has 0 aliphatic rings. The van der Waals surface area contributed by atoms with Crippen LogP contribution in [0.15, 0.2) is 18.2 Å². The average molecular weight is 279 g/mol. The molecule has 0 radical (unpaired) electrons. The molecule has 0 atom stereocenters. The van der Waals surface area contributed by atoms with Crippen molar-refractivity contribution in [1.29, 1.82) is 0 Å². The van der Waals surface area contributed by atoms with Gasteiger partial charge in [-0.2, -0.15) is 0 Å². The second kappa shape index (κ2) is 8.59. The molecule has 112 valence electrons. The fourth-order valence-electron chi connectivity index (χ4n) is 1.89. The third-order valence-electron chi connectivity index (χ3n) is 3.48. The molecule has 1 aromatic rings. The summed E-state index contributed by atoms with van der Waals surface area (Å²) in [4.78, 5) is 13.6. The maximum Gasteiger partial charge on any atom is 0.260 e. The van der Waals surface area contributed by atoms with Crippen LogP contribution in [0, 0.1) is 13.8 Å². The lowest BCUT2D eigenvalue weighted by atomic mass is 10.1. The first kappa shape index (κ1) is 16.5. The molecule has 1 amide bonds. The van der Waals surface area contributed by atoms with E-state index in [9.17, 15) is 4.79 Å². The van der Waals surface area contributed by atoms with Gasteiger partial charge in [-0.05, 0) is 50.3 Å². The summed E-state index contributed by atoms with van der Waals surface area (Å²) >= 11 is 0. The normalized spacial score (nSPS) is 10.4. The molecule has 4 heteroatoms. The number of rotatable bonds is 8. The van der Waals surface area contributed by atoms with Crippen LogP contribution in [0.1, 0.15) is 30.4 Å². The molecule has 20 heavy (non-hydrogen) atoms. The zero-order valence-corrected chi connectivity index (χ0v) is 12.7. The number of aliphatic hydroxyl groups excluding tert-OH is 1. The van der Waals surface area contributed by atoms with E-state index in [1.807, 2.05) is 32.0 Å². The van der Waals surface area contributed by atoms with Crippen molar-refractivity contribution < 1.29 is 14.6 Å². The summed E-state index contributed by atoms with van der Waals surface area (Å²) in [5.74, 6) is 0.752. The van der Waals surface area contributed by atoms with Gasteiger partial charge in [0.1, 0.15) is 5.75 Å². The van der Waals surface area contributed by atoms with Crippen LogP contribution in [0.25, 0.3) is 0 Å². The Morgan fingerprint density at radius 3 is 2.70 bits per heavy atom. The van der Waals surface area contributed by atoms with Crippen LogP contribution in [0.3, 0.4) is 0 Å². The van der Waals surface area contributed by atoms with E-state index in [4.69, 9.17) is 9.84 Å². The number of carbonyl (C=O) groups is 1. The van der Waals surface area contributed by atoms with Crippen molar-refractivity contribution in [1.82, 2.24) is 4.90 Å². The van der Waals surface area contributed by atoms with Crippen molar-refractivity contribution in [2.75, 3.05) is 26.8 Å². The van der Waals surface area contributed by atoms with Gasteiger partial charge in [0.15, 0.2) is 6.61 Å². The topological polar surface area (TPSA) is 49.8 Å². The first-order valence-electron chi connectivity index (χ1n) is 7.10. The predicted octanol–water partition coefficient (Wildman–Crippen LogP) is 2.30. The van der Waals surface area contributed by atoms with E-state index >= 15 is 0 Å². The van der Waals surface area contributed by atoms with E-state index in [0.717, 1.165) is 36.1 Å². The summed E-state index contributed by atoms with van der Waals surface area (Å²) in [6, 6.07) is 5.84. The predicted molar refractivity (Wildman–Crippen MR) is 80.0 cm³/mol. The van der Waals surface area contributed by atoms with Crippen LogP contribution >= 0.6 is 0 Å². The van der Waals surface area contributed by atoms with Crippen molar-refractivity contribution in [3.05, 3.63) is 29.3 Å². The molecule has 0 saturated heterocycles. The highest BCUT2D eigenvalue weighted by molar-refractivity contribution is 5.77. The maximum atomic E-state index is 11.9. The van der Waals surface area contributed by atoms with Crippen LogP contribution in [0.2, 0.25) is 0 Å². The summed E-state index contributed by atoms with van der Waals surface area (Å²) in [5, 5.41) is 8.70. The molecular weight excluding hydrogens is 254 g/mol. The Balaban J connectivity index is 2.37. The number of likely N-dealkylation sites (N-methyl/N-ethyl adjacent to an activating group) is 1. The minimum Gasteiger partial charge on any atom is -0.483 e. The SMILES string of the molecule is Cc1cccc(OCC(=O)N(C)CCCCCO)c1C. The largest absolute Gasteiger partial charge is 0.483 e. The van der Waals surface area contributed by atoms with Gasteiger partial charge in [-0.25, -0.2) is 0 Å². The first-order chi connectivity index (χ1) is 9.56. The Morgan fingerprint density at radius 1 is 1.25 bits per heavy atom. The fraction of sp³-hybridized carbons (Fsp3) is 0.562. The van der Waals surface area contributed by atoms with Crippen LogP contribution in [-0.2, 0) is 4.79 Å². The number of benzene rings is 1. The van der Waals surface area contributed by atoms with Gasteiger partial charge in [0.2, 0.25) is 0 Å². The number of hydrogen-bond acceptors (Lipinski definition) is 3. The van der Waals surface area contributed by atoms with Gasteiger partial charge in [-0.15, -0.1) is 0 Å². The van der Waals surface area contributed by atoms with Crippen molar-refractivity contribution in [3.63, 3.8) is 0 Å². The quantitative estimate of drug-likeness (QED) is 0.743. The second-order valence-electron chi connectivity index (χ2n) is 5.09. The lowest BCUT2D eigenvalue weighted by molar-refractivity contribution is -0.132. The molecule has 0 saturated carbocycles. The summed E-state index contributed by atoms with van der Waals surface area (Å²) in [7, 11) is 1.79. The molecule has 0 heterocycles. The van der Waals surface area contributed by atoms with Crippen LogP contribution in [0.5, 0.6) is 5.75 Å². The summed E-state index contributed by atoms with van der Waals surface area (Å²) in [6.07, 6.45) is 2.64. The Bertz CT molecular complexity index is 432. The lowest BCUT2D eigenvalue weighted by Crippen LogP contribution is -2.32. The standard InChI is InChI=1S/C16H25NO3/c1-13-8-7-9-15(14(13)2)20-12-16(19)17(3)10-5-4-6-11-18/h7-9,18H,4-6,10-12H2,1-3H3. The molecule has 0 bridgehead atoms. The molecule has 1 rings (SSSR count). The third-order valence-corrected chi connectivity index (χ3v) is 3.48. The van der Waals surface area contributed by atoms with Gasteiger partial charge in [0, 0.05) is 20.2 Å². The highest BCUT2D eigenvalue weighted by Crippen LogP contribution is 2.20. The van der Waals surface area contributed by atoms with Gasteiger partial charge >= 0.3 is 0 Å². The van der Waals surface area contributed by atoms with Crippen LogP contribution in [0.4, 0.5) is 0 Å². The lowest BCUT2D eigenvalue weighted by Gasteiger charge is -2.18. The Morgan fingerprint density at radius 2 is 2.00 bits per heavy atom. The van der Waals surface area contributed by atoms with Crippen molar-refractivity contribution >= 4 is 5.91 Å². The van der Waals surface area contributed by atoms with E-state index in [1.54, 1.807) is 11.9 Å². The highest BCUT2D eigenvalue weighted by atomic mass is 16.5. The van der Waals surface area contributed by atoms with E-state index in [0.29, 0.717) is 6.54 Å². The molecule has 0 spiro atoms. The zero-order valence-electron chi connectivity index (χ0n) is 12.7. The Hall–Kier alpha value is -1.55. The van der Waals surface area contributed by atoms with Crippen molar-refractivity contribution in [3.8, 4) is 5.75 Å². The van der Waals surface area contributed by atoms with Gasteiger partial charge in [0.05, 0.1) is 0 Å². The summed E-state index contributed by atoms with van der Waals surface area (Å²) in [5.41, 5.74) is 2.23. The number of ether oxygens (including phenoxy) is 1. The van der Waals surface area contributed by atoms with Gasteiger partial charge in [0.25, 0.3) is 5.91 Å². The minimum atomic E-state index is -0.0186. The minimum absolute atomic E-state index is 0.0186. The molecule has 1 N–H and O–H groups in total. The number of carbonyl (C=O) groups excluding carboxylic acids is 1. The zero-order chi connectivity index (χ0) is 15.0. The molecule has 0 aromatic heterocycles. The molecular formula is C16H25NO3. The van der Waals surface area contributed by atoms with Gasteiger partial charge < -0.3 is 14.7 Å². The molecule has 0 fully saturated rings. The maximum absolute atomic E-state index is 11.9. The first-order valence-corrected chi connectivity index (χ1v) is 7.10. The summed E-state index contributed by atoms with van der Waals surface area (Å²) < 4.78 is 5.60. The molecule has 0 aliphatic heterocycles.